The van der Waals surface area contributed by atoms with Crippen molar-refractivity contribution < 1.29 is 9.18 Å². The lowest BCUT2D eigenvalue weighted by Crippen LogP contribution is -2.40. The van der Waals surface area contributed by atoms with Gasteiger partial charge < -0.3 is 9.88 Å². The van der Waals surface area contributed by atoms with Gasteiger partial charge in [0.15, 0.2) is 0 Å². The molecule has 1 aliphatic rings. The molecule has 0 saturated carbocycles. The molecule has 25 heavy (non-hydrogen) atoms. The average Bonchev–Trinajstić information content (AvgIpc) is 2.61. The Morgan fingerprint density at radius 1 is 1.16 bits per heavy atom. The topological polar surface area (TPSA) is 53.2 Å². The standard InChI is InChI=1S/C20H23FN2O2/c1-13(2)17-11-10-16(19(24)22-17)20(25)23-12-4-3-5-18(23)14-6-8-15(21)9-7-14/h6-11,13,18H,3-5,12H2,1-2H3,(H,22,24). The zero-order chi connectivity index (χ0) is 18.0. The third-order valence-corrected chi connectivity index (χ3v) is 4.80. The van der Waals surface area contributed by atoms with E-state index in [1.807, 2.05) is 13.8 Å². The third kappa shape index (κ3) is 3.65. The lowest BCUT2D eigenvalue weighted by molar-refractivity contribution is 0.0609. The first-order chi connectivity index (χ1) is 12.0. The highest BCUT2D eigenvalue weighted by atomic mass is 19.1. The maximum Gasteiger partial charge on any atom is 0.261 e. The number of rotatable bonds is 3. The minimum Gasteiger partial charge on any atom is -0.331 e. The Morgan fingerprint density at radius 3 is 2.52 bits per heavy atom. The number of H-pyrrole nitrogens is 1. The number of nitrogens with one attached hydrogen (secondary N) is 1. The van der Waals surface area contributed by atoms with Crippen LogP contribution in [0, 0.1) is 5.82 Å². The van der Waals surface area contributed by atoms with Gasteiger partial charge in [0.25, 0.3) is 11.5 Å². The number of benzene rings is 1. The van der Waals surface area contributed by atoms with Crippen molar-refractivity contribution in [2.24, 2.45) is 0 Å². The van der Waals surface area contributed by atoms with Gasteiger partial charge in [-0.2, -0.15) is 0 Å². The van der Waals surface area contributed by atoms with Crippen LogP contribution in [-0.4, -0.2) is 22.3 Å². The highest BCUT2D eigenvalue weighted by molar-refractivity contribution is 5.94. The van der Waals surface area contributed by atoms with Gasteiger partial charge in [-0.15, -0.1) is 0 Å². The number of amides is 1. The second-order valence-corrected chi connectivity index (χ2v) is 6.87. The summed E-state index contributed by atoms with van der Waals surface area (Å²) in [5, 5.41) is 0. The minimum absolute atomic E-state index is 0.119. The van der Waals surface area contributed by atoms with Crippen LogP contribution in [0.15, 0.2) is 41.2 Å². The smallest absolute Gasteiger partial charge is 0.261 e. The van der Waals surface area contributed by atoms with E-state index in [2.05, 4.69) is 4.98 Å². The molecule has 0 aliphatic carbocycles. The van der Waals surface area contributed by atoms with Crippen molar-refractivity contribution >= 4 is 5.91 Å². The predicted molar refractivity (Wildman–Crippen MR) is 95.2 cm³/mol. The molecule has 1 N–H and O–H groups in total. The maximum atomic E-state index is 13.2. The molecule has 5 heteroatoms. The van der Waals surface area contributed by atoms with Crippen LogP contribution in [0.1, 0.15) is 66.7 Å². The molecule has 0 bridgehead atoms. The van der Waals surface area contributed by atoms with Crippen molar-refractivity contribution in [3.8, 4) is 0 Å². The van der Waals surface area contributed by atoms with E-state index < -0.39 is 0 Å². The molecule has 1 atom stereocenters. The van der Waals surface area contributed by atoms with E-state index in [9.17, 15) is 14.0 Å². The number of nitrogens with zero attached hydrogens (tertiary/aromatic N) is 1. The molecule has 1 aromatic carbocycles. The second-order valence-electron chi connectivity index (χ2n) is 6.87. The van der Waals surface area contributed by atoms with E-state index in [4.69, 9.17) is 0 Å². The van der Waals surface area contributed by atoms with Crippen LogP contribution >= 0.6 is 0 Å². The molecule has 1 amide bonds. The van der Waals surface area contributed by atoms with Gasteiger partial charge in [0.05, 0.1) is 6.04 Å². The Morgan fingerprint density at radius 2 is 1.88 bits per heavy atom. The van der Waals surface area contributed by atoms with Gasteiger partial charge in [0.2, 0.25) is 0 Å². The first kappa shape index (κ1) is 17.4. The Hall–Kier alpha value is -2.43. The summed E-state index contributed by atoms with van der Waals surface area (Å²) in [6.45, 7) is 4.58. The molecule has 3 rings (SSSR count). The Balaban J connectivity index is 1.91. The molecular formula is C20H23FN2O2. The molecule has 1 saturated heterocycles. The fraction of sp³-hybridized carbons (Fsp3) is 0.400. The number of halogens is 1. The number of piperidine rings is 1. The van der Waals surface area contributed by atoms with E-state index >= 15 is 0 Å². The van der Waals surface area contributed by atoms with Gasteiger partial charge in [-0.1, -0.05) is 26.0 Å². The molecule has 0 spiro atoms. The van der Waals surface area contributed by atoms with E-state index in [0.29, 0.717) is 6.54 Å². The average molecular weight is 342 g/mol. The lowest BCUT2D eigenvalue weighted by Gasteiger charge is -2.36. The van der Waals surface area contributed by atoms with Crippen molar-refractivity contribution in [3.05, 3.63) is 69.4 Å². The SMILES string of the molecule is CC(C)c1ccc(C(=O)N2CCCCC2c2ccc(F)cc2)c(=O)[nH]1. The van der Waals surface area contributed by atoms with Crippen molar-refractivity contribution in [2.45, 2.75) is 45.1 Å². The quantitative estimate of drug-likeness (QED) is 0.916. The van der Waals surface area contributed by atoms with Gasteiger partial charge >= 0.3 is 0 Å². The monoisotopic (exact) mass is 342 g/mol. The number of likely N-dealkylation sites (tertiary alicyclic amines) is 1. The Labute approximate surface area is 146 Å². The fourth-order valence-corrected chi connectivity index (χ4v) is 3.35. The summed E-state index contributed by atoms with van der Waals surface area (Å²) in [6.07, 6.45) is 2.74. The highest BCUT2D eigenvalue weighted by Crippen LogP contribution is 2.31. The van der Waals surface area contributed by atoms with Gasteiger partial charge in [-0.3, -0.25) is 9.59 Å². The first-order valence-corrected chi connectivity index (χ1v) is 8.77. The number of carbonyl (C=O) groups excluding carboxylic acids is 1. The largest absolute Gasteiger partial charge is 0.331 e. The summed E-state index contributed by atoms with van der Waals surface area (Å²) in [5.41, 5.74) is 1.54. The predicted octanol–water partition coefficient (Wildman–Crippen LogP) is 4.00. The van der Waals surface area contributed by atoms with Gasteiger partial charge in [-0.25, -0.2) is 4.39 Å². The molecule has 1 unspecified atom stereocenters. The molecule has 2 heterocycles. The molecule has 4 nitrogen and oxygen atoms in total. The molecule has 1 fully saturated rings. The molecule has 132 valence electrons. The summed E-state index contributed by atoms with van der Waals surface area (Å²) in [7, 11) is 0. The third-order valence-electron chi connectivity index (χ3n) is 4.80. The number of hydrogen-bond donors (Lipinski definition) is 1. The molecule has 1 aliphatic heterocycles. The summed E-state index contributed by atoms with van der Waals surface area (Å²) in [5.74, 6) is -0.359. The highest BCUT2D eigenvalue weighted by Gasteiger charge is 2.30. The lowest BCUT2D eigenvalue weighted by atomic mass is 9.94. The van der Waals surface area contributed by atoms with E-state index in [0.717, 1.165) is 30.5 Å². The van der Waals surface area contributed by atoms with E-state index in [-0.39, 0.29) is 34.8 Å². The van der Waals surface area contributed by atoms with Gasteiger partial charge in [0, 0.05) is 12.2 Å². The Kier molecular flexibility index (Phi) is 5.02. The van der Waals surface area contributed by atoms with Crippen LogP contribution in [0.3, 0.4) is 0 Å². The number of carbonyl (C=O) groups is 1. The van der Waals surface area contributed by atoms with Crippen molar-refractivity contribution in [3.63, 3.8) is 0 Å². The molecule has 0 radical (unpaired) electrons. The number of aromatic nitrogens is 1. The van der Waals surface area contributed by atoms with Crippen LogP contribution in [0.25, 0.3) is 0 Å². The van der Waals surface area contributed by atoms with Crippen LogP contribution in [-0.2, 0) is 0 Å². The zero-order valence-corrected chi connectivity index (χ0v) is 14.6. The van der Waals surface area contributed by atoms with Gasteiger partial charge in [0.1, 0.15) is 11.4 Å². The van der Waals surface area contributed by atoms with Crippen molar-refractivity contribution in [2.75, 3.05) is 6.54 Å². The second kappa shape index (κ2) is 7.21. The molecule has 1 aromatic heterocycles. The van der Waals surface area contributed by atoms with Crippen LogP contribution < -0.4 is 5.56 Å². The number of aromatic amines is 1. The number of pyridine rings is 1. The summed E-state index contributed by atoms with van der Waals surface area (Å²) in [6, 6.07) is 9.57. The van der Waals surface area contributed by atoms with Gasteiger partial charge in [-0.05, 0) is 55.0 Å². The van der Waals surface area contributed by atoms with Crippen molar-refractivity contribution in [1.29, 1.82) is 0 Å². The van der Waals surface area contributed by atoms with Crippen LogP contribution in [0.4, 0.5) is 4.39 Å². The molecular weight excluding hydrogens is 319 g/mol. The van der Waals surface area contributed by atoms with Crippen LogP contribution in [0.5, 0.6) is 0 Å². The Bertz CT molecular complexity index is 811. The van der Waals surface area contributed by atoms with Crippen molar-refractivity contribution in [1.82, 2.24) is 9.88 Å². The maximum absolute atomic E-state index is 13.2. The minimum atomic E-state index is -0.348. The first-order valence-electron chi connectivity index (χ1n) is 8.77. The molecule has 2 aromatic rings. The van der Waals surface area contributed by atoms with E-state index in [1.54, 1.807) is 29.2 Å². The fourth-order valence-electron chi connectivity index (χ4n) is 3.35. The zero-order valence-electron chi connectivity index (χ0n) is 14.6. The normalized spacial score (nSPS) is 17.8. The van der Waals surface area contributed by atoms with Crippen LogP contribution in [0.2, 0.25) is 0 Å². The van der Waals surface area contributed by atoms with E-state index in [1.165, 1.54) is 12.1 Å². The summed E-state index contributed by atoms with van der Waals surface area (Å²) < 4.78 is 13.2. The number of hydrogen-bond acceptors (Lipinski definition) is 2. The summed E-state index contributed by atoms with van der Waals surface area (Å²) >= 11 is 0. The summed E-state index contributed by atoms with van der Waals surface area (Å²) in [4.78, 5) is 29.9.